The van der Waals surface area contributed by atoms with E-state index in [4.69, 9.17) is 0 Å². The first-order chi connectivity index (χ1) is 9.76. The van der Waals surface area contributed by atoms with Gasteiger partial charge in [0.15, 0.2) is 0 Å². The number of hydrogen-bond donors (Lipinski definition) is 2. The lowest BCUT2D eigenvalue weighted by Gasteiger charge is -2.04. The van der Waals surface area contributed by atoms with E-state index in [2.05, 4.69) is 27.2 Å². The van der Waals surface area contributed by atoms with Crippen LogP contribution in [0.2, 0.25) is 0 Å². The number of nitrogens with one attached hydrogen (secondary N) is 2. The summed E-state index contributed by atoms with van der Waals surface area (Å²) in [7, 11) is 1.34. The quantitative estimate of drug-likeness (QED) is 0.736. The molecule has 2 aromatic carbocycles. The van der Waals surface area contributed by atoms with Crippen molar-refractivity contribution in [3.8, 4) is 11.3 Å². The molecule has 0 aliphatic rings. The van der Waals surface area contributed by atoms with Crippen molar-refractivity contribution in [3.05, 3.63) is 54.6 Å². The summed E-state index contributed by atoms with van der Waals surface area (Å²) in [5, 5.41) is 3.81. The van der Waals surface area contributed by atoms with Gasteiger partial charge in [-0.15, -0.1) is 0 Å². The number of carbonyl (C=O) groups excluding carboxylic acids is 1. The van der Waals surface area contributed by atoms with Gasteiger partial charge in [-0.1, -0.05) is 30.3 Å². The molecular weight excluding hydrogens is 252 g/mol. The molecule has 0 saturated carbocycles. The van der Waals surface area contributed by atoms with Gasteiger partial charge in [0, 0.05) is 22.3 Å². The van der Waals surface area contributed by atoms with Gasteiger partial charge in [0.2, 0.25) is 0 Å². The van der Waals surface area contributed by atoms with Crippen molar-refractivity contribution in [1.82, 2.24) is 4.98 Å². The van der Waals surface area contributed by atoms with Gasteiger partial charge in [-0.2, -0.15) is 0 Å². The molecule has 0 unspecified atom stereocenters. The fraction of sp³-hybridized carbons (Fsp3) is 0.0625. The molecule has 3 aromatic rings. The fourth-order valence-electron chi connectivity index (χ4n) is 2.13. The maximum atomic E-state index is 11.1. The van der Waals surface area contributed by atoms with Crippen molar-refractivity contribution >= 4 is 22.7 Å². The lowest BCUT2D eigenvalue weighted by Crippen LogP contribution is -2.10. The minimum absolute atomic E-state index is 0.469. The van der Waals surface area contributed by atoms with E-state index < -0.39 is 6.09 Å². The highest BCUT2D eigenvalue weighted by molar-refractivity contribution is 5.87. The SMILES string of the molecule is COC(=O)Nc1ccc(-c2cc3ccccc3[nH]2)cc1. The standard InChI is InChI=1S/C16H14N2O2/c1-20-16(19)17-13-8-6-11(7-9-13)15-10-12-4-2-3-5-14(12)18-15/h2-10,18H,1H3,(H,17,19). The summed E-state index contributed by atoms with van der Waals surface area (Å²) in [5.74, 6) is 0. The zero-order valence-electron chi connectivity index (χ0n) is 11.0. The topological polar surface area (TPSA) is 54.1 Å². The Morgan fingerprint density at radius 2 is 1.85 bits per heavy atom. The molecule has 0 aliphatic heterocycles. The monoisotopic (exact) mass is 266 g/mol. The van der Waals surface area contributed by atoms with Gasteiger partial charge in [-0.25, -0.2) is 4.79 Å². The number of H-pyrrole nitrogens is 1. The number of benzene rings is 2. The summed E-state index contributed by atoms with van der Waals surface area (Å²) in [5.41, 5.74) is 3.93. The van der Waals surface area contributed by atoms with Crippen LogP contribution in [0, 0.1) is 0 Å². The Bertz CT molecular complexity index is 712. The Morgan fingerprint density at radius 1 is 1.10 bits per heavy atom. The van der Waals surface area contributed by atoms with E-state index in [0.29, 0.717) is 5.69 Å². The van der Waals surface area contributed by atoms with Crippen molar-refractivity contribution in [3.63, 3.8) is 0 Å². The average Bonchev–Trinajstić information content (AvgIpc) is 2.91. The summed E-state index contributed by atoms with van der Waals surface area (Å²) in [6, 6.07) is 17.9. The minimum Gasteiger partial charge on any atom is -0.453 e. The number of aromatic amines is 1. The molecule has 2 N–H and O–H groups in total. The first-order valence-electron chi connectivity index (χ1n) is 6.29. The van der Waals surface area contributed by atoms with E-state index in [1.807, 2.05) is 42.5 Å². The van der Waals surface area contributed by atoms with Crippen LogP contribution in [-0.4, -0.2) is 18.2 Å². The molecule has 4 nitrogen and oxygen atoms in total. The van der Waals surface area contributed by atoms with Gasteiger partial charge in [-0.05, 0) is 29.8 Å². The van der Waals surface area contributed by atoms with Crippen LogP contribution in [0.15, 0.2) is 54.6 Å². The minimum atomic E-state index is -0.469. The maximum Gasteiger partial charge on any atom is 0.411 e. The number of methoxy groups -OCH3 is 1. The Labute approximate surface area is 116 Å². The first-order valence-corrected chi connectivity index (χ1v) is 6.29. The zero-order valence-corrected chi connectivity index (χ0v) is 11.0. The average molecular weight is 266 g/mol. The van der Waals surface area contributed by atoms with Gasteiger partial charge in [-0.3, -0.25) is 5.32 Å². The summed E-state index contributed by atoms with van der Waals surface area (Å²) in [6.07, 6.45) is -0.469. The number of fused-ring (bicyclic) bond motifs is 1. The number of hydrogen-bond acceptors (Lipinski definition) is 2. The molecule has 0 saturated heterocycles. The summed E-state index contributed by atoms with van der Waals surface area (Å²) in [6.45, 7) is 0. The van der Waals surface area contributed by atoms with Crippen molar-refractivity contribution in [2.24, 2.45) is 0 Å². The molecule has 1 heterocycles. The Balaban J connectivity index is 1.88. The maximum absolute atomic E-state index is 11.1. The highest BCUT2D eigenvalue weighted by Gasteiger charge is 2.04. The number of rotatable bonds is 2. The van der Waals surface area contributed by atoms with Crippen LogP contribution in [-0.2, 0) is 4.74 Å². The molecule has 0 aliphatic carbocycles. The number of aromatic nitrogens is 1. The zero-order chi connectivity index (χ0) is 13.9. The lowest BCUT2D eigenvalue weighted by atomic mass is 10.1. The Kier molecular flexibility index (Phi) is 3.13. The highest BCUT2D eigenvalue weighted by Crippen LogP contribution is 2.25. The lowest BCUT2D eigenvalue weighted by molar-refractivity contribution is 0.187. The second-order valence-corrected chi connectivity index (χ2v) is 4.46. The van der Waals surface area contributed by atoms with Crippen LogP contribution < -0.4 is 5.32 Å². The second-order valence-electron chi connectivity index (χ2n) is 4.46. The van der Waals surface area contributed by atoms with E-state index in [1.54, 1.807) is 0 Å². The molecule has 0 atom stereocenters. The third-order valence-corrected chi connectivity index (χ3v) is 3.16. The van der Waals surface area contributed by atoms with E-state index in [9.17, 15) is 4.79 Å². The molecule has 1 amide bonds. The number of amides is 1. The third-order valence-electron chi connectivity index (χ3n) is 3.16. The predicted octanol–water partition coefficient (Wildman–Crippen LogP) is 4.01. The molecule has 3 rings (SSSR count). The molecule has 4 heteroatoms. The van der Waals surface area contributed by atoms with Gasteiger partial charge >= 0.3 is 6.09 Å². The van der Waals surface area contributed by atoms with Crippen LogP contribution in [0.3, 0.4) is 0 Å². The largest absolute Gasteiger partial charge is 0.453 e. The van der Waals surface area contributed by atoms with Gasteiger partial charge in [0.05, 0.1) is 7.11 Å². The van der Waals surface area contributed by atoms with E-state index in [1.165, 1.54) is 12.5 Å². The third kappa shape index (κ3) is 2.36. The molecule has 20 heavy (non-hydrogen) atoms. The number of carbonyl (C=O) groups is 1. The van der Waals surface area contributed by atoms with Crippen LogP contribution >= 0.6 is 0 Å². The van der Waals surface area contributed by atoms with Gasteiger partial charge in [0.25, 0.3) is 0 Å². The molecule has 100 valence electrons. The van der Waals surface area contributed by atoms with Crippen molar-refractivity contribution < 1.29 is 9.53 Å². The molecule has 0 fully saturated rings. The van der Waals surface area contributed by atoms with E-state index >= 15 is 0 Å². The van der Waals surface area contributed by atoms with Crippen LogP contribution in [0.25, 0.3) is 22.2 Å². The normalized spacial score (nSPS) is 10.4. The van der Waals surface area contributed by atoms with E-state index in [0.717, 1.165) is 16.8 Å². The second kappa shape index (κ2) is 5.09. The van der Waals surface area contributed by atoms with Crippen LogP contribution in [0.4, 0.5) is 10.5 Å². The van der Waals surface area contributed by atoms with E-state index in [-0.39, 0.29) is 0 Å². The Hall–Kier alpha value is -2.75. The first kappa shape index (κ1) is 12.3. The predicted molar refractivity (Wildman–Crippen MR) is 79.8 cm³/mol. The summed E-state index contributed by atoms with van der Waals surface area (Å²) < 4.78 is 4.55. The number of anilines is 1. The Morgan fingerprint density at radius 3 is 2.55 bits per heavy atom. The number of ether oxygens (including phenoxy) is 1. The van der Waals surface area contributed by atoms with Crippen LogP contribution in [0.5, 0.6) is 0 Å². The molecule has 1 aromatic heterocycles. The van der Waals surface area contributed by atoms with Crippen molar-refractivity contribution in [2.75, 3.05) is 12.4 Å². The molecule has 0 spiro atoms. The van der Waals surface area contributed by atoms with Crippen LogP contribution in [0.1, 0.15) is 0 Å². The highest BCUT2D eigenvalue weighted by atomic mass is 16.5. The van der Waals surface area contributed by atoms with Crippen molar-refractivity contribution in [2.45, 2.75) is 0 Å². The molecule has 0 bridgehead atoms. The number of para-hydroxylation sites is 1. The molecular formula is C16H14N2O2. The van der Waals surface area contributed by atoms with Gasteiger partial charge < -0.3 is 9.72 Å². The van der Waals surface area contributed by atoms with Crippen molar-refractivity contribution in [1.29, 1.82) is 0 Å². The fourth-order valence-corrected chi connectivity index (χ4v) is 2.13. The molecule has 0 radical (unpaired) electrons. The van der Waals surface area contributed by atoms with Gasteiger partial charge in [0.1, 0.15) is 0 Å². The summed E-state index contributed by atoms with van der Waals surface area (Å²) >= 11 is 0. The summed E-state index contributed by atoms with van der Waals surface area (Å²) in [4.78, 5) is 14.5. The smallest absolute Gasteiger partial charge is 0.411 e.